The van der Waals surface area contributed by atoms with Crippen molar-refractivity contribution in [1.29, 1.82) is 0 Å². The van der Waals surface area contributed by atoms with Gasteiger partial charge in [-0.1, -0.05) is 84.9 Å². The zero-order chi connectivity index (χ0) is 25.6. The van der Waals surface area contributed by atoms with Crippen molar-refractivity contribution in [1.82, 2.24) is 0 Å². The van der Waals surface area contributed by atoms with E-state index in [1.165, 1.54) is 47.9 Å². The summed E-state index contributed by atoms with van der Waals surface area (Å²) in [6, 6.07) is 33.3. The van der Waals surface area contributed by atoms with Crippen molar-refractivity contribution in [3.63, 3.8) is 0 Å². The SMILES string of the molecule is C(=N/N=C(/C(=N/N=C/c1ccc2c(c1)CCC2)c1ccccc1)c1ccccc1)\c1ccc2c(c1)CCC2. The van der Waals surface area contributed by atoms with Crippen molar-refractivity contribution in [2.45, 2.75) is 38.5 Å². The molecule has 6 rings (SSSR count). The third-order valence-corrected chi connectivity index (χ3v) is 7.29. The van der Waals surface area contributed by atoms with Crippen LogP contribution in [0.2, 0.25) is 0 Å². The lowest BCUT2D eigenvalue weighted by atomic mass is 10.00. The maximum atomic E-state index is 4.71. The second-order valence-corrected chi connectivity index (χ2v) is 9.88. The Morgan fingerprint density at radius 1 is 0.474 bits per heavy atom. The van der Waals surface area contributed by atoms with Crippen LogP contribution in [-0.2, 0) is 25.7 Å². The van der Waals surface area contributed by atoms with Crippen molar-refractivity contribution in [2.24, 2.45) is 20.4 Å². The van der Waals surface area contributed by atoms with Crippen LogP contribution >= 0.6 is 0 Å². The molecule has 4 nitrogen and oxygen atoms in total. The predicted octanol–water partition coefficient (Wildman–Crippen LogP) is 7.01. The van der Waals surface area contributed by atoms with Crippen molar-refractivity contribution in [3.8, 4) is 0 Å². The minimum Gasteiger partial charge on any atom is -0.158 e. The monoisotopic (exact) mass is 494 g/mol. The summed E-state index contributed by atoms with van der Waals surface area (Å²) in [4.78, 5) is 0. The fraction of sp³-hybridized carbons (Fsp3) is 0.176. The van der Waals surface area contributed by atoms with Crippen molar-refractivity contribution < 1.29 is 0 Å². The van der Waals surface area contributed by atoms with Gasteiger partial charge in [0.2, 0.25) is 0 Å². The Morgan fingerprint density at radius 3 is 1.34 bits per heavy atom. The molecule has 0 aliphatic heterocycles. The van der Waals surface area contributed by atoms with Gasteiger partial charge < -0.3 is 0 Å². The molecule has 4 heteroatoms. The lowest BCUT2D eigenvalue weighted by molar-refractivity contribution is 0.912. The second-order valence-electron chi connectivity index (χ2n) is 9.88. The standard InChI is InChI=1S/C34H30N4/c1-3-9-29(10-4-1)33(37-35-23-25-17-19-27-13-7-15-31(27)21-25)34(30-11-5-2-6-12-30)38-36-24-26-18-20-28-14-8-16-32(28)22-26/h1-6,9-12,17-24H,7-8,13-16H2/b35-23+,36-24+,37-33+,38-34+. The van der Waals surface area contributed by atoms with Gasteiger partial charge in [-0.2, -0.15) is 10.2 Å². The summed E-state index contributed by atoms with van der Waals surface area (Å²) < 4.78 is 0. The Bertz CT molecular complexity index is 1430. The summed E-state index contributed by atoms with van der Waals surface area (Å²) in [5.41, 5.74) is 11.1. The van der Waals surface area contributed by atoms with E-state index in [9.17, 15) is 0 Å². The lowest BCUT2D eigenvalue weighted by Crippen LogP contribution is -2.17. The summed E-state index contributed by atoms with van der Waals surface area (Å²) in [5.74, 6) is 0. The van der Waals surface area contributed by atoms with Crippen LogP contribution in [0.25, 0.3) is 0 Å². The van der Waals surface area contributed by atoms with Gasteiger partial charge in [-0.25, -0.2) is 0 Å². The minimum atomic E-state index is 0.681. The van der Waals surface area contributed by atoms with Crippen LogP contribution in [0.5, 0.6) is 0 Å². The zero-order valence-electron chi connectivity index (χ0n) is 21.4. The number of fused-ring (bicyclic) bond motifs is 2. The molecule has 0 unspecified atom stereocenters. The van der Waals surface area contributed by atoms with Gasteiger partial charge in [0.25, 0.3) is 0 Å². The van der Waals surface area contributed by atoms with Crippen LogP contribution < -0.4 is 0 Å². The first-order valence-corrected chi connectivity index (χ1v) is 13.4. The summed E-state index contributed by atoms with van der Waals surface area (Å²) in [5, 5.41) is 18.5. The highest BCUT2D eigenvalue weighted by atomic mass is 15.2. The van der Waals surface area contributed by atoms with E-state index in [4.69, 9.17) is 10.2 Å². The molecule has 4 aromatic carbocycles. The summed E-state index contributed by atoms with van der Waals surface area (Å²) in [6.45, 7) is 0. The molecule has 4 aromatic rings. The second kappa shape index (κ2) is 11.3. The molecular weight excluding hydrogens is 464 g/mol. The molecule has 2 aliphatic carbocycles. The number of rotatable bonds is 7. The molecule has 0 fully saturated rings. The third-order valence-electron chi connectivity index (χ3n) is 7.29. The average Bonchev–Trinajstić information content (AvgIpc) is 3.64. The van der Waals surface area contributed by atoms with Gasteiger partial charge >= 0.3 is 0 Å². The van der Waals surface area contributed by atoms with Crippen molar-refractivity contribution in [2.75, 3.05) is 0 Å². The Kier molecular flexibility index (Phi) is 7.12. The summed E-state index contributed by atoms with van der Waals surface area (Å²) in [7, 11) is 0. The van der Waals surface area contributed by atoms with E-state index in [-0.39, 0.29) is 0 Å². The molecule has 186 valence electrons. The van der Waals surface area contributed by atoms with E-state index in [0.29, 0.717) is 11.4 Å². The van der Waals surface area contributed by atoms with E-state index in [1.807, 2.05) is 73.1 Å². The van der Waals surface area contributed by atoms with Gasteiger partial charge in [0, 0.05) is 11.1 Å². The van der Waals surface area contributed by atoms with E-state index < -0.39 is 0 Å². The highest BCUT2D eigenvalue weighted by molar-refractivity contribution is 6.53. The maximum Gasteiger partial charge on any atom is 0.121 e. The molecule has 0 aromatic heterocycles. The number of aryl methyl sites for hydroxylation is 4. The number of hydrogen-bond donors (Lipinski definition) is 0. The quantitative estimate of drug-likeness (QED) is 0.196. The molecule has 0 saturated carbocycles. The third kappa shape index (κ3) is 5.45. The van der Waals surface area contributed by atoms with Gasteiger partial charge in [-0.05, 0) is 84.0 Å². The smallest absolute Gasteiger partial charge is 0.121 e. The first-order valence-electron chi connectivity index (χ1n) is 13.4. The molecular formula is C34H30N4. The van der Waals surface area contributed by atoms with Crippen LogP contribution in [0.3, 0.4) is 0 Å². The minimum absolute atomic E-state index is 0.681. The molecule has 38 heavy (non-hydrogen) atoms. The largest absolute Gasteiger partial charge is 0.158 e. The van der Waals surface area contributed by atoms with Crippen molar-refractivity contribution >= 4 is 23.9 Å². The van der Waals surface area contributed by atoms with Crippen LogP contribution in [0.15, 0.2) is 117 Å². The molecule has 0 radical (unpaired) electrons. The van der Waals surface area contributed by atoms with Gasteiger partial charge in [-0.3, -0.25) is 0 Å². The Labute approximate surface area is 224 Å². The van der Waals surface area contributed by atoms with Gasteiger partial charge in [0.15, 0.2) is 0 Å². The van der Waals surface area contributed by atoms with Gasteiger partial charge in [-0.15, -0.1) is 10.2 Å². The Hall–Kier alpha value is -4.44. The summed E-state index contributed by atoms with van der Waals surface area (Å²) >= 11 is 0. The average molecular weight is 495 g/mol. The molecule has 0 saturated heterocycles. The van der Waals surface area contributed by atoms with Crippen LogP contribution in [0.4, 0.5) is 0 Å². The van der Waals surface area contributed by atoms with Gasteiger partial charge in [0.1, 0.15) is 11.4 Å². The molecule has 0 spiro atoms. The van der Waals surface area contributed by atoms with E-state index in [0.717, 1.165) is 35.1 Å². The molecule has 0 N–H and O–H groups in total. The first-order chi connectivity index (χ1) is 18.8. The predicted molar refractivity (Wildman–Crippen MR) is 158 cm³/mol. The maximum absolute atomic E-state index is 4.71. The fourth-order valence-electron chi connectivity index (χ4n) is 5.33. The Balaban J connectivity index is 1.37. The number of hydrogen-bond acceptors (Lipinski definition) is 4. The number of nitrogens with zero attached hydrogens (tertiary/aromatic N) is 4. The Morgan fingerprint density at radius 2 is 0.895 bits per heavy atom. The van der Waals surface area contributed by atoms with Crippen molar-refractivity contribution in [3.05, 3.63) is 142 Å². The normalized spacial score (nSPS) is 15.4. The number of benzene rings is 4. The summed E-state index contributed by atoms with van der Waals surface area (Å²) in [6.07, 6.45) is 10.8. The lowest BCUT2D eigenvalue weighted by Gasteiger charge is -2.08. The topological polar surface area (TPSA) is 49.4 Å². The van der Waals surface area contributed by atoms with E-state index >= 15 is 0 Å². The fourth-order valence-corrected chi connectivity index (χ4v) is 5.33. The van der Waals surface area contributed by atoms with Crippen LogP contribution in [0, 0.1) is 0 Å². The van der Waals surface area contributed by atoms with E-state index in [2.05, 4.69) is 46.6 Å². The highest BCUT2D eigenvalue weighted by Crippen LogP contribution is 2.23. The molecule has 2 aliphatic rings. The van der Waals surface area contributed by atoms with Crippen LogP contribution in [-0.4, -0.2) is 23.9 Å². The highest BCUT2D eigenvalue weighted by Gasteiger charge is 2.15. The molecule has 0 amide bonds. The first kappa shape index (κ1) is 23.9. The van der Waals surface area contributed by atoms with E-state index in [1.54, 1.807) is 0 Å². The molecule has 0 atom stereocenters. The zero-order valence-corrected chi connectivity index (χ0v) is 21.4. The van der Waals surface area contributed by atoms with Gasteiger partial charge in [0.05, 0.1) is 12.4 Å². The van der Waals surface area contributed by atoms with Crippen LogP contribution in [0.1, 0.15) is 57.3 Å². The molecule has 0 heterocycles. The molecule has 0 bridgehead atoms.